The molecule has 0 aliphatic carbocycles. The first-order valence-corrected chi connectivity index (χ1v) is 7.11. The van der Waals surface area contributed by atoms with Crippen LogP contribution in [0.1, 0.15) is 19.1 Å². The van der Waals surface area contributed by atoms with Gasteiger partial charge in [0, 0.05) is 18.2 Å². The Balaban J connectivity index is 1.88. The minimum Gasteiger partial charge on any atom is -0.496 e. The third kappa shape index (κ3) is 4.03. The number of hydrogen-bond donors (Lipinski definition) is 1. The molecule has 2 aromatic rings. The molecule has 1 aromatic carbocycles. The van der Waals surface area contributed by atoms with Gasteiger partial charge in [0.1, 0.15) is 11.5 Å². The average molecular weight is 324 g/mol. The van der Waals surface area contributed by atoms with E-state index in [1.165, 1.54) is 0 Å². The van der Waals surface area contributed by atoms with Gasteiger partial charge >= 0.3 is 0 Å². The molecule has 0 saturated carbocycles. The van der Waals surface area contributed by atoms with Crippen LogP contribution in [-0.4, -0.2) is 13.2 Å². The standard InChI is InChI=1S/C15H18BrNO2/c1-11(5-7-13-4-3-9-19-13)17-12-6-8-15(18-2)14(16)10-12/h3-4,6,8-11,17H,5,7H2,1-2H3. The molecule has 0 bridgehead atoms. The Labute approximate surface area is 122 Å². The molecule has 0 amide bonds. The van der Waals surface area contributed by atoms with E-state index in [2.05, 4.69) is 28.2 Å². The van der Waals surface area contributed by atoms with E-state index in [1.54, 1.807) is 13.4 Å². The molecule has 4 heteroatoms. The summed E-state index contributed by atoms with van der Waals surface area (Å²) in [5.41, 5.74) is 1.08. The van der Waals surface area contributed by atoms with E-state index in [0.29, 0.717) is 6.04 Å². The zero-order chi connectivity index (χ0) is 13.7. The summed E-state index contributed by atoms with van der Waals surface area (Å²) in [6, 6.07) is 10.3. The molecule has 0 aliphatic rings. The summed E-state index contributed by atoms with van der Waals surface area (Å²) in [5, 5.41) is 3.47. The van der Waals surface area contributed by atoms with Crippen molar-refractivity contribution in [3.63, 3.8) is 0 Å². The highest BCUT2D eigenvalue weighted by Gasteiger charge is 2.06. The fourth-order valence-electron chi connectivity index (χ4n) is 1.93. The van der Waals surface area contributed by atoms with Gasteiger partial charge in [0.15, 0.2) is 0 Å². The van der Waals surface area contributed by atoms with Crippen LogP contribution in [-0.2, 0) is 6.42 Å². The third-order valence-corrected chi connectivity index (χ3v) is 3.59. The van der Waals surface area contributed by atoms with Crippen molar-refractivity contribution in [2.75, 3.05) is 12.4 Å². The van der Waals surface area contributed by atoms with Crippen molar-refractivity contribution in [3.05, 3.63) is 46.8 Å². The molecule has 0 spiro atoms. The second-order valence-corrected chi connectivity index (χ2v) is 5.37. The monoisotopic (exact) mass is 323 g/mol. The number of furan rings is 1. The number of anilines is 1. The Morgan fingerprint density at radius 1 is 1.37 bits per heavy atom. The zero-order valence-corrected chi connectivity index (χ0v) is 12.7. The van der Waals surface area contributed by atoms with Crippen LogP contribution >= 0.6 is 15.9 Å². The van der Waals surface area contributed by atoms with E-state index in [1.807, 2.05) is 30.3 Å². The first-order valence-electron chi connectivity index (χ1n) is 6.31. The lowest BCUT2D eigenvalue weighted by Gasteiger charge is -2.15. The summed E-state index contributed by atoms with van der Waals surface area (Å²) in [6.45, 7) is 2.17. The van der Waals surface area contributed by atoms with E-state index in [4.69, 9.17) is 9.15 Å². The van der Waals surface area contributed by atoms with E-state index in [-0.39, 0.29) is 0 Å². The summed E-state index contributed by atoms with van der Waals surface area (Å²) in [7, 11) is 1.67. The van der Waals surface area contributed by atoms with Crippen molar-refractivity contribution in [1.29, 1.82) is 0 Å². The molecule has 1 unspecified atom stereocenters. The molecule has 0 fully saturated rings. The lowest BCUT2D eigenvalue weighted by molar-refractivity contribution is 0.412. The van der Waals surface area contributed by atoms with Gasteiger partial charge in [-0.2, -0.15) is 0 Å². The molecule has 0 radical (unpaired) electrons. The molecule has 1 heterocycles. The fourth-order valence-corrected chi connectivity index (χ4v) is 2.47. The number of rotatable bonds is 6. The Bertz CT molecular complexity index is 511. The molecule has 102 valence electrons. The smallest absolute Gasteiger partial charge is 0.133 e. The molecular weight excluding hydrogens is 306 g/mol. The minimum atomic E-state index is 0.380. The largest absolute Gasteiger partial charge is 0.496 e. The zero-order valence-electron chi connectivity index (χ0n) is 11.2. The Kier molecular flexibility index (Phi) is 4.91. The summed E-state index contributed by atoms with van der Waals surface area (Å²) >= 11 is 3.49. The van der Waals surface area contributed by atoms with Gasteiger partial charge in [-0.05, 0) is 59.6 Å². The van der Waals surface area contributed by atoms with Gasteiger partial charge in [-0.15, -0.1) is 0 Å². The van der Waals surface area contributed by atoms with Gasteiger partial charge in [-0.3, -0.25) is 0 Å². The van der Waals surface area contributed by atoms with E-state index < -0.39 is 0 Å². The summed E-state index contributed by atoms with van der Waals surface area (Å²) in [6.07, 6.45) is 3.68. The first-order chi connectivity index (χ1) is 9.19. The number of ether oxygens (including phenoxy) is 1. The van der Waals surface area contributed by atoms with Crippen LogP contribution in [0, 0.1) is 0 Å². The summed E-state index contributed by atoms with van der Waals surface area (Å²) in [4.78, 5) is 0. The second kappa shape index (κ2) is 6.66. The molecule has 1 N–H and O–H groups in total. The molecule has 0 saturated heterocycles. The van der Waals surface area contributed by atoms with Crippen LogP contribution in [0.3, 0.4) is 0 Å². The number of nitrogens with one attached hydrogen (secondary N) is 1. The van der Waals surface area contributed by atoms with Crippen LogP contribution in [0.5, 0.6) is 5.75 Å². The SMILES string of the molecule is COc1ccc(NC(C)CCc2ccco2)cc1Br. The number of aryl methyl sites for hydroxylation is 1. The van der Waals surface area contributed by atoms with E-state index in [0.717, 1.165) is 34.5 Å². The Morgan fingerprint density at radius 3 is 2.84 bits per heavy atom. The van der Waals surface area contributed by atoms with E-state index in [9.17, 15) is 0 Å². The first kappa shape index (κ1) is 14.0. The number of methoxy groups -OCH3 is 1. The summed E-state index contributed by atoms with van der Waals surface area (Å²) < 4.78 is 11.5. The maximum atomic E-state index is 5.33. The van der Waals surface area contributed by atoms with Crippen molar-refractivity contribution < 1.29 is 9.15 Å². The predicted octanol–water partition coefficient (Wildman–Crippen LogP) is 4.48. The van der Waals surface area contributed by atoms with Crippen LogP contribution < -0.4 is 10.1 Å². The van der Waals surface area contributed by atoms with Crippen molar-refractivity contribution in [2.24, 2.45) is 0 Å². The molecular formula is C15H18BrNO2. The normalized spacial score (nSPS) is 12.2. The van der Waals surface area contributed by atoms with Gasteiger partial charge in [-0.25, -0.2) is 0 Å². The van der Waals surface area contributed by atoms with Crippen molar-refractivity contribution in [3.8, 4) is 5.75 Å². The molecule has 1 atom stereocenters. The highest BCUT2D eigenvalue weighted by atomic mass is 79.9. The van der Waals surface area contributed by atoms with Crippen molar-refractivity contribution >= 4 is 21.6 Å². The van der Waals surface area contributed by atoms with Crippen LogP contribution in [0.4, 0.5) is 5.69 Å². The molecule has 3 nitrogen and oxygen atoms in total. The predicted molar refractivity (Wildman–Crippen MR) is 80.8 cm³/mol. The Hall–Kier alpha value is -1.42. The minimum absolute atomic E-state index is 0.380. The molecule has 2 rings (SSSR count). The van der Waals surface area contributed by atoms with Gasteiger partial charge in [0.05, 0.1) is 17.8 Å². The molecule has 0 aliphatic heterocycles. The number of hydrogen-bond acceptors (Lipinski definition) is 3. The quantitative estimate of drug-likeness (QED) is 0.850. The maximum absolute atomic E-state index is 5.33. The topological polar surface area (TPSA) is 34.4 Å². The Morgan fingerprint density at radius 2 is 2.21 bits per heavy atom. The van der Waals surface area contributed by atoms with E-state index >= 15 is 0 Å². The fraction of sp³-hybridized carbons (Fsp3) is 0.333. The van der Waals surface area contributed by atoms with Crippen LogP contribution in [0.2, 0.25) is 0 Å². The highest BCUT2D eigenvalue weighted by molar-refractivity contribution is 9.10. The molecule has 19 heavy (non-hydrogen) atoms. The highest BCUT2D eigenvalue weighted by Crippen LogP contribution is 2.28. The van der Waals surface area contributed by atoms with Crippen LogP contribution in [0.25, 0.3) is 0 Å². The lowest BCUT2D eigenvalue weighted by Crippen LogP contribution is -2.15. The van der Waals surface area contributed by atoms with Gasteiger partial charge < -0.3 is 14.5 Å². The third-order valence-electron chi connectivity index (χ3n) is 2.97. The lowest BCUT2D eigenvalue weighted by atomic mass is 10.1. The second-order valence-electron chi connectivity index (χ2n) is 4.51. The molecule has 1 aromatic heterocycles. The van der Waals surface area contributed by atoms with Crippen molar-refractivity contribution in [1.82, 2.24) is 0 Å². The summed E-state index contributed by atoms with van der Waals surface area (Å²) in [5.74, 6) is 1.87. The van der Waals surface area contributed by atoms with Crippen molar-refractivity contribution in [2.45, 2.75) is 25.8 Å². The van der Waals surface area contributed by atoms with Gasteiger partial charge in [-0.1, -0.05) is 0 Å². The van der Waals surface area contributed by atoms with Gasteiger partial charge in [0.2, 0.25) is 0 Å². The number of halogens is 1. The maximum Gasteiger partial charge on any atom is 0.133 e. The van der Waals surface area contributed by atoms with Gasteiger partial charge in [0.25, 0.3) is 0 Å². The van der Waals surface area contributed by atoms with Crippen LogP contribution in [0.15, 0.2) is 45.5 Å². The average Bonchev–Trinajstić information content (AvgIpc) is 2.90. The number of benzene rings is 1.